The van der Waals surface area contributed by atoms with Gasteiger partial charge in [0, 0.05) is 46.4 Å². The number of hydrogen-bond donors (Lipinski definition) is 6. The van der Waals surface area contributed by atoms with Gasteiger partial charge in [-0.05, 0) is 67.3 Å². The van der Waals surface area contributed by atoms with E-state index in [1.807, 2.05) is 61.5 Å². The summed E-state index contributed by atoms with van der Waals surface area (Å²) in [6, 6.07) is 20.4. The van der Waals surface area contributed by atoms with E-state index in [-0.39, 0.29) is 12.5 Å². The van der Waals surface area contributed by atoms with Crippen LogP contribution >= 0.6 is 42.6 Å². The first-order chi connectivity index (χ1) is 19.1. The number of aliphatic hydroxyl groups excluding tert-OH is 1. The highest BCUT2D eigenvalue weighted by atomic mass is 79.9. The van der Waals surface area contributed by atoms with Gasteiger partial charge in [-0.25, -0.2) is 0 Å². The van der Waals surface area contributed by atoms with Crippen molar-refractivity contribution in [3.63, 3.8) is 0 Å². The Morgan fingerprint density at radius 1 is 1.02 bits per heavy atom. The third kappa shape index (κ3) is 8.45. The first-order valence-corrected chi connectivity index (χ1v) is 16.5. The number of rotatable bonds is 12. The molecular weight excluding hydrogens is 660 g/mol. The maximum Gasteiger partial charge on any atom is 0.251 e. The summed E-state index contributed by atoms with van der Waals surface area (Å²) in [5.74, 6) is -0.0255. The summed E-state index contributed by atoms with van der Waals surface area (Å²) in [6.45, 7) is 3.95. The minimum absolute atomic E-state index is 0.277. The summed E-state index contributed by atoms with van der Waals surface area (Å²) in [7, 11) is -2.91. The molecule has 3 aromatic carbocycles. The molecule has 0 bridgehead atoms. The van der Waals surface area contributed by atoms with Crippen molar-refractivity contribution in [3.05, 3.63) is 92.4 Å². The number of amides is 1. The van der Waals surface area contributed by atoms with E-state index >= 15 is 0 Å². The summed E-state index contributed by atoms with van der Waals surface area (Å²) >= 11 is 7.00. The predicted molar refractivity (Wildman–Crippen MR) is 171 cm³/mol. The lowest BCUT2D eigenvalue weighted by atomic mass is 10.00. The Balaban J connectivity index is 1.52. The van der Waals surface area contributed by atoms with Crippen LogP contribution in [-0.4, -0.2) is 57.7 Å². The fraction of sp³-hybridized carbons (Fsp3) is 0.345. The van der Waals surface area contributed by atoms with E-state index in [1.165, 1.54) is 0 Å². The zero-order chi connectivity index (χ0) is 28.7. The lowest BCUT2D eigenvalue weighted by Gasteiger charge is -2.38. The normalized spacial score (nSPS) is 16.8. The van der Waals surface area contributed by atoms with Crippen LogP contribution in [0.3, 0.4) is 0 Å². The molecule has 1 fully saturated rings. The number of nitrogens with one attached hydrogen (secondary N) is 3. The molecule has 3 aromatic rings. The molecule has 0 aromatic heterocycles. The maximum atomic E-state index is 13.6. The van der Waals surface area contributed by atoms with Gasteiger partial charge in [0.05, 0.1) is 23.6 Å². The van der Waals surface area contributed by atoms with Crippen LogP contribution in [0.25, 0.3) is 0 Å². The molecule has 1 aliphatic heterocycles. The van der Waals surface area contributed by atoms with Crippen LogP contribution in [0.15, 0.2) is 75.7 Å². The second-order valence-electron chi connectivity index (χ2n) is 9.84. The zero-order valence-electron chi connectivity index (χ0n) is 22.3. The van der Waals surface area contributed by atoms with Crippen molar-refractivity contribution in [2.75, 3.05) is 35.0 Å². The van der Waals surface area contributed by atoms with Crippen molar-refractivity contribution in [3.8, 4) is 0 Å². The van der Waals surface area contributed by atoms with Crippen molar-refractivity contribution < 1.29 is 19.0 Å². The highest BCUT2D eigenvalue weighted by Gasteiger charge is 2.30. The van der Waals surface area contributed by atoms with Crippen molar-refractivity contribution in [2.45, 2.75) is 38.5 Å². The van der Waals surface area contributed by atoms with Gasteiger partial charge in [-0.1, -0.05) is 62.2 Å². The Kier molecular flexibility index (Phi) is 10.9. The van der Waals surface area contributed by atoms with Crippen molar-refractivity contribution >= 4 is 59.9 Å². The summed E-state index contributed by atoms with van der Waals surface area (Å²) in [5, 5.41) is 20.8. The van der Waals surface area contributed by atoms with Gasteiger partial charge in [-0.2, -0.15) is 0 Å². The lowest BCUT2D eigenvalue weighted by Crippen LogP contribution is -2.48. The Hall–Kier alpha value is -2.12. The predicted octanol–water partition coefficient (Wildman–Crippen LogP) is 6.01. The summed E-state index contributed by atoms with van der Waals surface area (Å²) in [4.78, 5) is 13.6. The monoisotopic (exact) mass is 694 g/mol. The van der Waals surface area contributed by atoms with Crippen LogP contribution in [-0.2, 0) is 13.0 Å². The lowest BCUT2D eigenvalue weighted by molar-refractivity contribution is 0.0830. The summed E-state index contributed by atoms with van der Waals surface area (Å²) in [6.07, 6.45) is 0.260. The molecule has 0 aliphatic carbocycles. The number of carbonyl (C=O) groups is 1. The second-order valence-corrected chi connectivity index (χ2v) is 13.8. The molecule has 40 heavy (non-hydrogen) atoms. The fourth-order valence-electron chi connectivity index (χ4n) is 4.77. The molecule has 1 aliphatic rings. The van der Waals surface area contributed by atoms with E-state index in [1.54, 1.807) is 16.4 Å². The van der Waals surface area contributed by atoms with E-state index in [9.17, 15) is 19.0 Å². The Labute approximate surface area is 254 Å². The quantitative estimate of drug-likeness (QED) is 0.137. The van der Waals surface area contributed by atoms with Gasteiger partial charge in [-0.3, -0.25) is 18.2 Å². The Morgan fingerprint density at radius 2 is 1.75 bits per heavy atom. The standard InChI is InChI=1S/C29H36Br2N4O4S/c1-2-33-25-14-22(15-26(17-25)35-9-6-10-40(35,38)39)29(37)34-27(13-20-7-4-3-5-8-20)28(36)19-32-18-21-11-23(30)16-24(31)12-21/h3-5,7-8,11-12,14-17,27-28,32-33,36,38-39H,2,6,9-10,13,18-19H2,1H3,(H,34,37)/t27-,28-/m0/s1. The van der Waals surface area contributed by atoms with Gasteiger partial charge < -0.3 is 21.1 Å². The van der Waals surface area contributed by atoms with Crippen molar-refractivity contribution in [1.29, 1.82) is 0 Å². The molecule has 0 spiro atoms. The number of nitrogens with zero attached hydrogens (tertiary/aromatic N) is 1. The molecule has 1 saturated heterocycles. The molecule has 2 atom stereocenters. The molecule has 6 N–H and O–H groups in total. The summed E-state index contributed by atoms with van der Waals surface area (Å²) < 4.78 is 24.6. The first kappa shape index (κ1) is 30.8. The van der Waals surface area contributed by atoms with Crippen LogP contribution in [0, 0.1) is 0 Å². The molecule has 11 heteroatoms. The van der Waals surface area contributed by atoms with Gasteiger partial charge in [0.25, 0.3) is 5.91 Å². The minimum atomic E-state index is -2.91. The minimum Gasteiger partial charge on any atom is -0.390 e. The van der Waals surface area contributed by atoms with E-state index < -0.39 is 22.9 Å². The molecule has 0 unspecified atom stereocenters. The molecular formula is C29H36Br2N4O4S. The van der Waals surface area contributed by atoms with Crippen molar-refractivity contribution in [2.24, 2.45) is 0 Å². The molecule has 216 valence electrons. The Bertz CT molecular complexity index is 1280. The van der Waals surface area contributed by atoms with E-state index in [2.05, 4.69) is 47.8 Å². The maximum absolute atomic E-state index is 13.6. The van der Waals surface area contributed by atoms with Gasteiger partial charge in [0.15, 0.2) is 0 Å². The molecule has 1 heterocycles. The highest BCUT2D eigenvalue weighted by Crippen LogP contribution is 2.51. The van der Waals surface area contributed by atoms with Gasteiger partial charge in [0.2, 0.25) is 0 Å². The smallest absolute Gasteiger partial charge is 0.251 e. The highest BCUT2D eigenvalue weighted by molar-refractivity contribution is 9.11. The van der Waals surface area contributed by atoms with Crippen LogP contribution in [0.5, 0.6) is 0 Å². The zero-order valence-corrected chi connectivity index (χ0v) is 26.3. The third-order valence-electron chi connectivity index (χ3n) is 6.67. The first-order valence-electron chi connectivity index (χ1n) is 13.3. The molecule has 4 rings (SSSR count). The molecule has 0 radical (unpaired) electrons. The van der Waals surface area contributed by atoms with E-state index in [0.717, 1.165) is 20.1 Å². The van der Waals surface area contributed by atoms with E-state index in [0.29, 0.717) is 55.2 Å². The largest absolute Gasteiger partial charge is 0.390 e. The van der Waals surface area contributed by atoms with Gasteiger partial charge in [-0.15, -0.1) is 10.8 Å². The number of hydrogen-bond acceptors (Lipinski definition) is 7. The molecule has 8 nitrogen and oxygen atoms in total. The van der Waals surface area contributed by atoms with Gasteiger partial charge in [0.1, 0.15) is 0 Å². The number of benzene rings is 3. The van der Waals surface area contributed by atoms with Crippen molar-refractivity contribution in [1.82, 2.24) is 10.6 Å². The SMILES string of the molecule is CCNc1cc(C(=O)N[C@@H](Cc2ccccc2)[C@@H](O)CNCc2cc(Br)cc(Br)c2)cc(N2CCCS2(O)O)c1. The fourth-order valence-corrected chi connectivity index (χ4v) is 7.76. The second kappa shape index (κ2) is 14.2. The van der Waals surface area contributed by atoms with Crippen LogP contribution in [0.4, 0.5) is 11.4 Å². The summed E-state index contributed by atoms with van der Waals surface area (Å²) in [5.41, 5.74) is 3.73. The number of halogens is 2. The number of carbonyl (C=O) groups excluding carboxylic acids is 1. The Morgan fingerprint density at radius 3 is 2.40 bits per heavy atom. The molecule has 0 saturated carbocycles. The number of aliphatic hydroxyl groups is 1. The van der Waals surface area contributed by atoms with Gasteiger partial charge >= 0.3 is 0 Å². The topological polar surface area (TPSA) is 117 Å². The molecule has 1 amide bonds. The van der Waals surface area contributed by atoms with Crippen LogP contribution in [0.1, 0.15) is 34.8 Å². The van der Waals surface area contributed by atoms with E-state index in [4.69, 9.17) is 0 Å². The average Bonchev–Trinajstić information content (AvgIpc) is 3.27. The number of anilines is 2. The van der Waals surface area contributed by atoms with Crippen LogP contribution in [0.2, 0.25) is 0 Å². The third-order valence-corrected chi connectivity index (χ3v) is 9.52. The van der Waals surface area contributed by atoms with Crippen LogP contribution < -0.4 is 20.3 Å². The average molecular weight is 697 g/mol.